The Morgan fingerprint density at radius 2 is 1.80 bits per heavy atom. The smallest absolute Gasteiger partial charge is 0.126 e. The summed E-state index contributed by atoms with van der Waals surface area (Å²) in [6, 6.07) is 14.3. The first-order chi connectivity index (χ1) is 9.61. The third kappa shape index (κ3) is 2.88. The Kier molecular flexibility index (Phi) is 3.79. The average molecular weight is 334 g/mol. The summed E-state index contributed by atoms with van der Waals surface area (Å²) in [5.74, 6) is 0.499. The second-order valence-electron chi connectivity index (χ2n) is 5.53. The lowest BCUT2D eigenvalue weighted by atomic mass is 9.76. The minimum Gasteiger partial charge on any atom is -0.382 e. The number of aryl methyl sites for hydroxylation is 1. The Hall–Kier alpha value is -1.35. The van der Waals surface area contributed by atoms with Crippen molar-refractivity contribution in [3.63, 3.8) is 0 Å². The molecule has 2 aromatic carbocycles. The third-order valence-corrected chi connectivity index (χ3v) is 4.54. The standard InChI is InChI=1S/C17H17BrFN/c1-11-8-15(6-7-17(11)19)20-16-9-13(10-16)12-2-4-14(18)5-3-12/h2-8,13,16,20H,9-10H2,1H3. The lowest BCUT2D eigenvalue weighted by Crippen LogP contribution is -2.34. The second-order valence-corrected chi connectivity index (χ2v) is 6.44. The number of hydrogen-bond acceptors (Lipinski definition) is 1. The quantitative estimate of drug-likeness (QED) is 0.808. The molecule has 0 unspecified atom stereocenters. The molecule has 104 valence electrons. The zero-order chi connectivity index (χ0) is 14.1. The van der Waals surface area contributed by atoms with Gasteiger partial charge in [0.2, 0.25) is 0 Å². The van der Waals surface area contributed by atoms with Gasteiger partial charge < -0.3 is 5.32 Å². The molecule has 20 heavy (non-hydrogen) atoms. The van der Waals surface area contributed by atoms with Gasteiger partial charge in [-0.25, -0.2) is 4.39 Å². The van der Waals surface area contributed by atoms with Crippen molar-refractivity contribution in [2.24, 2.45) is 0 Å². The molecule has 1 aliphatic rings. The molecule has 1 fully saturated rings. The van der Waals surface area contributed by atoms with Crippen molar-refractivity contribution >= 4 is 21.6 Å². The van der Waals surface area contributed by atoms with E-state index in [0.29, 0.717) is 17.5 Å². The minimum absolute atomic E-state index is 0.142. The number of anilines is 1. The highest BCUT2D eigenvalue weighted by Gasteiger charge is 2.30. The molecule has 1 saturated carbocycles. The molecule has 0 aliphatic heterocycles. The maximum absolute atomic E-state index is 13.2. The zero-order valence-corrected chi connectivity index (χ0v) is 13.0. The summed E-state index contributed by atoms with van der Waals surface area (Å²) in [6.07, 6.45) is 2.27. The van der Waals surface area contributed by atoms with Crippen molar-refractivity contribution in [3.05, 3.63) is 63.9 Å². The SMILES string of the molecule is Cc1cc(NC2CC(c3ccc(Br)cc3)C2)ccc1F. The zero-order valence-electron chi connectivity index (χ0n) is 11.4. The molecule has 1 nitrogen and oxygen atoms in total. The van der Waals surface area contributed by atoms with Crippen LogP contribution in [-0.2, 0) is 0 Å². The van der Waals surface area contributed by atoms with Gasteiger partial charge in [0.15, 0.2) is 0 Å². The van der Waals surface area contributed by atoms with E-state index >= 15 is 0 Å². The van der Waals surface area contributed by atoms with Gasteiger partial charge in [-0.3, -0.25) is 0 Å². The Morgan fingerprint density at radius 3 is 2.45 bits per heavy atom. The topological polar surface area (TPSA) is 12.0 Å². The van der Waals surface area contributed by atoms with Crippen molar-refractivity contribution in [1.82, 2.24) is 0 Å². The number of benzene rings is 2. The van der Waals surface area contributed by atoms with E-state index in [2.05, 4.69) is 45.5 Å². The summed E-state index contributed by atoms with van der Waals surface area (Å²) < 4.78 is 14.3. The molecule has 0 bridgehead atoms. The molecule has 0 amide bonds. The summed E-state index contributed by atoms with van der Waals surface area (Å²) in [5, 5.41) is 3.48. The van der Waals surface area contributed by atoms with Crippen LogP contribution in [0.15, 0.2) is 46.9 Å². The van der Waals surface area contributed by atoms with Crippen LogP contribution in [0.4, 0.5) is 10.1 Å². The van der Waals surface area contributed by atoms with Crippen LogP contribution in [0.3, 0.4) is 0 Å². The molecule has 1 aliphatic carbocycles. The third-order valence-electron chi connectivity index (χ3n) is 4.01. The van der Waals surface area contributed by atoms with Crippen LogP contribution in [0, 0.1) is 12.7 Å². The van der Waals surface area contributed by atoms with Gasteiger partial charge in [-0.1, -0.05) is 28.1 Å². The molecule has 0 saturated heterocycles. The molecule has 0 radical (unpaired) electrons. The predicted molar refractivity (Wildman–Crippen MR) is 84.7 cm³/mol. The predicted octanol–water partition coefficient (Wildman–Crippen LogP) is 5.25. The van der Waals surface area contributed by atoms with E-state index in [1.165, 1.54) is 11.6 Å². The fourth-order valence-electron chi connectivity index (χ4n) is 2.71. The van der Waals surface area contributed by atoms with E-state index in [1.54, 1.807) is 6.92 Å². The van der Waals surface area contributed by atoms with Gasteiger partial charge in [-0.2, -0.15) is 0 Å². The number of halogens is 2. The van der Waals surface area contributed by atoms with E-state index in [-0.39, 0.29) is 5.82 Å². The van der Waals surface area contributed by atoms with E-state index in [4.69, 9.17) is 0 Å². The molecule has 3 heteroatoms. The van der Waals surface area contributed by atoms with Crippen LogP contribution < -0.4 is 5.32 Å². The Morgan fingerprint density at radius 1 is 1.10 bits per heavy atom. The van der Waals surface area contributed by atoms with E-state index in [9.17, 15) is 4.39 Å². The van der Waals surface area contributed by atoms with Crippen LogP contribution >= 0.6 is 15.9 Å². The molecular formula is C17H17BrFN. The van der Waals surface area contributed by atoms with Gasteiger partial charge in [-0.15, -0.1) is 0 Å². The first-order valence-corrected chi connectivity index (χ1v) is 7.69. The monoisotopic (exact) mass is 333 g/mol. The Balaban J connectivity index is 1.58. The van der Waals surface area contributed by atoms with Crippen molar-refractivity contribution < 1.29 is 4.39 Å². The van der Waals surface area contributed by atoms with Crippen LogP contribution in [0.2, 0.25) is 0 Å². The second kappa shape index (κ2) is 5.57. The van der Waals surface area contributed by atoms with Crippen molar-refractivity contribution in [2.75, 3.05) is 5.32 Å². The first kappa shape index (κ1) is 13.6. The van der Waals surface area contributed by atoms with E-state index < -0.39 is 0 Å². The van der Waals surface area contributed by atoms with Gasteiger partial charge in [-0.05, 0) is 67.1 Å². The van der Waals surface area contributed by atoms with Crippen LogP contribution in [0.25, 0.3) is 0 Å². The molecule has 1 N–H and O–H groups in total. The van der Waals surface area contributed by atoms with Gasteiger partial charge in [0, 0.05) is 16.2 Å². The van der Waals surface area contributed by atoms with Crippen molar-refractivity contribution in [2.45, 2.75) is 31.7 Å². The maximum Gasteiger partial charge on any atom is 0.126 e. The average Bonchev–Trinajstić information content (AvgIpc) is 2.39. The largest absolute Gasteiger partial charge is 0.382 e. The van der Waals surface area contributed by atoms with Gasteiger partial charge >= 0.3 is 0 Å². The Bertz CT molecular complexity index is 603. The normalized spacial score (nSPS) is 21.4. The lowest BCUT2D eigenvalue weighted by Gasteiger charge is -2.37. The molecule has 0 aromatic heterocycles. The van der Waals surface area contributed by atoms with Crippen LogP contribution in [0.5, 0.6) is 0 Å². The Labute approximate surface area is 127 Å². The van der Waals surface area contributed by atoms with Gasteiger partial charge in [0.1, 0.15) is 5.82 Å². The molecule has 0 atom stereocenters. The van der Waals surface area contributed by atoms with Gasteiger partial charge in [0.25, 0.3) is 0 Å². The minimum atomic E-state index is -0.142. The molecule has 2 aromatic rings. The number of hydrogen-bond donors (Lipinski definition) is 1. The summed E-state index contributed by atoms with van der Waals surface area (Å²) in [6.45, 7) is 1.80. The molecule has 0 heterocycles. The fourth-order valence-corrected chi connectivity index (χ4v) is 2.98. The molecular weight excluding hydrogens is 317 g/mol. The van der Waals surface area contributed by atoms with E-state index in [1.807, 2.05) is 12.1 Å². The molecule has 3 rings (SSSR count). The highest BCUT2D eigenvalue weighted by atomic mass is 79.9. The lowest BCUT2D eigenvalue weighted by molar-refractivity contribution is 0.374. The van der Waals surface area contributed by atoms with Crippen molar-refractivity contribution in [1.29, 1.82) is 0 Å². The van der Waals surface area contributed by atoms with Crippen LogP contribution in [0.1, 0.15) is 29.9 Å². The van der Waals surface area contributed by atoms with Gasteiger partial charge in [0.05, 0.1) is 0 Å². The summed E-state index contributed by atoms with van der Waals surface area (Å²) in [5.41, 5.74) is 3.11. The van der Waals surface area contributed by atoms with E-state index in [0.717, 1.165) is 23.0 Å². The van der Waals surface area contributed by atoms with Crippen LogP contribution in [-0.4, -0.2) is 6.04 Å². The summed E-state index contributed by atoms with van der Waals surface area (Å²) in [7, 11) is 0. The fraction of sp³-hybridized carbons (Fsp3) is 0.294. The highest BCUT2D eigenvalue weighted by Crippen LogP contribution is 2.38. The summed E-state index contributed by atoms with van der Waals surface area (Å²) >= 11 is 3.46. The van der Waals surface area contributed by atoms with Crippen molar-refractivity contribution in [3.8, 4) is 0 Å². The number of nitrogens with one attached hydrogen (secondary N) is 1. The summed E-state index contributed by atoms with van der Waals surface area (Å²) in [4.78, 5) is 0. The molecule has 0 spiro atoms. The first-order valence-electron chi connectivity index (χ1n) is 6.90. The highest BCUT2D eigenvalue weighted by molar-refractivity contribution is 9.10. The number of rotatable bonds is 3. The maximum atomic E-state index is 13.2.